The van der Waals surface area contributed by atoms with Gasteiger partial charge in [0.25, 0.3) is 0 Å². The minimum atomic E-state index is -1.01. The number of hydrogen-bond donors (Lipinski definition) is 0. The van der Waals surface area contributed by atoms with Crippen molar-refractivity contribution in [1.29, 1.82) is 0 Å². The molecule has 1 aliphatic heterocycles. The summed E-state index contributed by atoms with van der Waals surface area (Å²) in [5.41, 5.74) is 0. The fourth-order valence-corrected chi connectivity index (χ4v) is 0.505. The van der Waals surface area contributed by atoms with Crippen LogP contribution in [-0.2, 0) is 14.2 Å². The fourth-order valence-electron chi connectivity index (χ4n) is 0.505. The van der Waals surface area contributed by atoms with E-state index in [1.165, 1.54) is 0 Å². The molecule has 11 heavy (non-hydrogen) atoms. The minimum Gasteiger partial charge on any atom is -0.430 e. The van der Waals surface area contributed by atoms with Crippen molar-refractivity contribution in [2.24, 2.45) is 0 Å². The zero-order valence-electron chi connectivity index (χ0n) is 6.33. The second kappa shape index (κ2) is 4.26. The molecule has 0 aromatic heterocycles. The molecule has 0 bridgehead atoms. The fraction of sp³-hybridized carbons (Fsp3) is 0.600. The van der Waals surface area contributed by atoms with E-state index in [0.717, 1.165) is 0 Å². The molecule has 1 unspecified atom stereocenters. The smallest absolute Gasteiger partial charge is 0.430 e. The molecule has 0 N–H and O–H groups in total. The van der Waals surface area contributed by atoms with E-state index in [-0.39, 0.29) is 25.5 Å². The number of rotatable bonds is 0. The zero-order valence-corrected chi connectivity index (χ0v) is 6.33. The van der Waals surface area contributed by atoms with Crippen molar-refractivity contribution in [2.75, 3.05) is 6.61 Å². The van der Waals surface area contributed by atoms with Crippen molar-refractivity contribution in [3.63, 3.8) is 0 Å². The summed E-state index contributed by atoms with van der Waals surface area (Å²) >= 11 is 0. The normalized spacial score (nSPS) is 23.5. The molecule has 1 aliphatic rings. The molecule has 0 aromatic rings. The van der Waals surface area contributed by atoms with E-state index in [2.05, 4.69) is 14.2 Å². The van der Waals surface area contributed by atoms with Crippen LogP contribution >= 0.6 is 0 Å². The van der Waals surface area contributed by atoms with Gasteiger partial charge < -0.3 is 14.2 Å². The number of carbonyl (C=O) groups excluding carboxylic acids is 2. The van der Waals surface area contributed by atoms with Crippen LogP contribution in [0.15, 0.2) is 0 Å². The van der Waals surface area contributed by atoms with Gasteiger partial charge in [0.15, 0.2) is 0 Å². The van der Waals surface area contributed by atoms with Gasteiger partial charge in [0, 0.05) is 18.9 Å². The standard InChI is InChI=1S/C5H6O5.Li/c1-3-2-8-4(6)10-5(7)9-3;/h3H,2H2,1H3;. The molecule has 1 atom stereocenters. The van der Waals surface area contributed by atoms with Crippen LogP contribution in [0.5, 0.6) is 0 Å². The zero-order chi connectivity index (χ0) is 7.56. The van der Waals surface area contributed by atoms with Crippen LogP contribution in [-0.4, -0.2) is 43.9 Å². The third-order valence-corrected chi connectivity index (χ3v) is 0.900. The first kappa shape index (κ1) is 10.3. The van der Waals surface area contributed by atoms with Gasteiger partial charge in [-0.2, -0.15) is 0 Å². The molecule has 0 aliphatic carbocycles. The van der Waals surface area contributed by atoms with Gasteiger partial charge in [-0.3, -0.25) is 0 Å². The molecule has 0 spiro atoms. The third kappa shape index (κ3) is 3.30. The first-order valence-electron chi connectivity index (χ1n) is 2.73. The van der Waals surface area contributed by atoms with E-state index in [4.69, 9.17) is 0 Å². The Kier molecular flexibility index (Phi) is 4.01. The van der Waals surface area contributed by atoms with Gasteiger partial charge in [0.2, 0.25) is 0 Å². The van der Waals surface area contributed by atoms with E-state index in [0.29, 0.717) is 0 Å². The van der Waals surface area contributed by atoms with E-state index >= 15 is 0 Å². The number of carbonyl (C=O) groups is 2. The maximum atomic E-state index is 10.4. The molecule has 0 saturated carbocycles. The monoisotopic (exact) mass is 153 g/mol. The number of hydrogen-bond acceptors (Lipinski definition) is 5. The van der Waals surface area contributed by atoms with Crippen LogP contribution < -0.4 is 0 Å². The van der Waals surface area contributed by atoms with Crippen LogP contribution in [0.4, 0.5) is 9.59 Å². The summed E-state index contributed by atoms with van der Waals surface area (Å²) in [5.74, 6) is 0. The summed E-state index contributed by atoms with van der Waals surface area (Å²) in [5, 5.41) is 0. The molecule has 0 aromatic carbocycles. The Morgan fingerprint density at radius 1 is 1.36 bits per heavy atom. The Morgan fingerprint density at radius 2 is 2.00 bits per heavy atom. The quantitative estimate of drug-likeness (QED) is 0.284. The Labute approximate surface area is 75.2 Å². The Morgan fingerprint density at radius 3 is 2.64 bits per heavy atom. The third-order valence-electron chi connectivity index (χ3n) is 0.900. The number of cyclic esters (lactones) is 4. The van der Waals surface area contributed by atoms with Crippen LogP contribution in [0.25, 0.3) is 0 Å². The molecule has 1 radical (unpaired) electrons. The molecule has 6 heteroatoms. The average molecular weight is 153 g/mol. The van der Waals surface area contributed by atoms with Crippen molar-refractivity contribution >= 4 is 31.2 Å². The molecule has 57 valence electrons. The van der Waals surface area contributed by atoms with Crippen molar-refractivity contribution < 1.29 is 23.8 Å². The Balaban J connectivity index is 0.000001000. The molecule has 5 nitrogen and oxygen atoms in total. The summed E-state index contributed by atoms with van der Waals surface area (Å²) < 4.78 is 12.8. The van der Waals surface area contributed by atoms with Crippen molar-refractivity contribution in [1.82, 2.24) is 0 Å². The predicted octanol–water partition coefficient (Wildman–Crippen LogP) is 0.297. The molecule has 1 heterocycles. The predicted molar refractivity (Wildman–Crippen MR) is 34.1 cm³/mol. The van der Waals surface area contributed by atoms with E-state index in [1.54, 1.807) is 6.92 Å². The van der Waals surface area contributed by atoms with Crippen molar-refractivity contribution in [2.45, 2.75) is 13.0 Å². The molecule has 1 saturated heterocycles. The first-order chi connectivity index (χ1) is 4.68. The summed E-state index contributed by atoms with van der Waals surface area (Å²) in [6.45, 7) is 1.64. The van der Waals surface area contributed by atoms with E-state index in [1.807, 2.05) is 0 Å². The van der Waals surface area contributed by atoms with E-state index < -0.39 is 18.4 Å². The minimum absolute atomic E-state index is 0. The van der Waals surface area contributed by atoms with Crippen LogP contribution in [0.2, 0.25) is 0 Å². The van der Waals surface area contributed by atoms with Gasteiger partial charge in [0.1, 0.15) is 12.7 Å². The molecule has 0 amide bonds. The van der Waals surface area contributed by atoms with Crippen LogP contribution in [0.1, 0.15) is 6.92 Å². The largest absolute Gasteiger partial charge is 0.518 e. The van der Waals surface area contributed by atoms with Gasteiger partial charge in [-0.05, 0) is 6.92 Å². The van der Waals surface area contributed by atoms with Gasteiger partial charge in [-0.25, -0.2) is 9.59 Å². The van der Waals surface area contributed by atoms with Crippen molar-refractivity contribution in [3.05, 3.63) is 0 Å². The van der Waals surface area contributed by atoms with Gasteiger partial charge in [-0.1, -0.05) is 0 Å². The summed E-state index contributed by atoms with van der Waals surface area (Å²) in [4.78, 5) is 20.7. The maximum absolute atomic E-state index is 10.4. The van der Waals surface area contributed by atoms with Gasteiger partial charge in [-0.15, -0.1) is 0 Å². The Bertz CT molecular complexity index is 168. The summed E-state index contributed by atoms with van der Waals surface area (Å²) in [7, 11) is 0. The SMILES string of the molecule is CC1COC(=O)OC(=O)O1.[Li]. The summed E-state index contributed by atoms with van der Waals surface area (Å²) in [6, 6.07) is 0. The molecule has 1 fully saturated rings. The topological polar surface area (TPSA) is 61.8 Å². The second-order valence-electron chi connectivity index (χ2n) is 1.84. The average Bonchev–Trinajstić information content (AvgIpc) is 1.93. The molecular weight excluding hydrogens is 147 g/mol. The summed E-state index contributed by atoms with van der Waals surface area (Å²) in [6.07, 6.45) is -2.44. The van der Waals surface area contributed by atoms with Gasteiger partial charge in [0.05, 0.1) is 0 Å². The maximum Gasteiger partial charge on any atom is 0.518 e. The number of ether oxygens (including phenoxy) is 3. The molecule has 1 rings (SSSR count). The van der Waals surface area contributed by atoms with Crippen molar-refractivity contribution in [3.8, 4) is 0 Å². The first-order valence-corrected chi connectivity index (χ1v) is 2.73. The van der Waals surface area contributed by atoms with Crippen LogP contribution in [0.3, 0.4) is 0 Å². The van der Waals surface area contributed by atoms with E-state index in [9.17, 15) is 9.59 Å². The van der Waals surface area contributed by atoms with Crippen LogP contribution in [0, 0.1) is 0 Å². The Hall–Kier alpha value is -0.663. The molecular formula is C5H6LiO5. The van der Waals surface area contributed by atoms with Gasteiger partial charge >= 0.3 is 12.3 Å². The second-order valence-corrected chi connectivity index (χ2v) is 1.84.